The largest absolute Gasteiger partial charge is 0.378 e. The number of hydrogen-bond acceptors (Lipinski definition) is 3. The molecule has 0 amide bonds. The lowest BCUT2D eigenvalue weighted by Gasteiger charge is -2.21. The van der Waals surface area contributed by atoms with Gasteiger partial charge in [-0.15, -0.1) is 11.3 Å². The first kappa shape index (κ1) is 11.1. The van der Waals surface area contributed by atoms with Gasteiger partial charge in [-0.3, -0.25) is 0 Å². The van der Waals surface area contributed by atoms with Crippen molar-refractivity contribution in [3.63, 3.8) is 0 Å². The van der Waals surface area contributed by atoms with Gasteiger partial charge in [0.25, 0.3) is 0 Å². The van der Waals surface area contributed by atoms with Gasteiger partial charge in [0, 0.05) is 18.4 Å². The molecule has 0 spiro atoms. The Hall–Kier alpha value is -0.410. The van der Waals surface area contributed by atoms with Crippen LogP contribution in [0.1, 0.15) is 49.7 Å². The van der Waals surface area contributed by atoms with Crippen LogP contribution in [-0.4, -0.2) is 17.7 Å². The number of aromatic nitrogens is 1. The lowest BCUT2D eigenvalue weighted by molar-refractivity contribution is 0.0167. The molecule has 2 rings (SSSR count). The minimum absolute atomic E-state index is 0.421. The molecule has 1 atom stereocenters. The SMILES string of the molecule is CC(C)c1csc(CC2CCCCO2)n1. The summed E-state index contributed by atoms with van der Waals surface area (Å²) in [5.74, 6) is 0.544. The van der Waals surface area contributed by atoms with Gasteiger partial charge in [0.05, 0.1) is 16.8 Å². The van der Waals surface area contributed by atoms with E-state index in [1.54, 1.807) is 11.3 Å². The molecule has 1 aliphatic rings. The Kier molecular flexibility index (Phi) is 3.76. The Labute approximate surface area is 95.7 Å². The summed E-state index contributed by atoms with van der Waals surface area (Å²) >= 11 is 1.78. The summed E-state index contributed by atoms with van der Waals surface area (Å²) in [4.78, 5) is 4.64. The lowest BCUT2D eigenvalue weighted by atomic mass is 10.1. The van der Waals surface area contributed by atoms with Crippen molar-refractivity contribution < 1.29 is 4.74 Å². The molecule has 3 heteroatoms. The van der Waals surface area contributed by atoms with Gasteiger partial charge in [0.2, 0.25) is 0 Å². The van der Waals surface area contributed by atoms with Crippen molar-refractivity contribution in [3.8, 4) is 0 Å². The summed E-state index contributed by atoms with van der Waals surface area (Å²) in [6, 6.07) is 0. The number of nitrogens with zero attached hydrogens (tertiary/aromatic N) is 1. The van der Waals surface area contributed by atoms with Crippen molar-refractivity contribution in [1.29, 1.82) is 0 Å². The quantitative estimate of drug-likeness (QED) is 0.786. The number of hydrogen-bond donors (Lipinski definition) is 0. The van der Waals surface area contributed by atoms with E-state index in [1.807, 2.05) is 0 Å². The van der Waals surface area contributed by atoms with Crippen LogP contribution in [-0.2, 0) is 11.2 Å². The third-order valence-corrected chi connectivity index (χ3v) is 3.73. The van der Waals surface area contributed by atoms with Crippen molar-refractivity contribution in [3.05, 3.63) is 16.1 Å². The molecule has 0 N–H and O–H groups in total. The smallest absolute Gasteiger partial charge is 0.0954 e. The minimum Gasteiger partial charge on any atom is -0.378 e. The second-order valence-electron chi connectivity index (χ2n) is 4.51. The van der Waals surface area contributed by atoms with Crippen LogP contribution in [0.2, 0.25) is 0 Å². The van der Waals surface area contributed by atoms with Gasteiger partial charge in [-0.1, -0.05) is 13.8 Å². The molecule has 0 radical (unpaired) electrons. The Morgan fingerprint density at radius 1 is 1.53 bits per heavy atom. The maximum atomic E-state index is 5.72. The monoisotopic (exact) mass is 225 g/mol. The van der Waals surface area contributed by atoms with Crippen molar-refractivity contribution in [2.24, 2.45) is 0 Å². The average Bonchev–Trinajstić information content (AvgIpc) is 2.68. The first-order valence-electron chi connectivity index (χ1n) is 5.81. The van der Waals surface area contributed by atoms with Crippen LogP contribution in [0.4, 0.5) is 0 Å². The molecule has 1 unspecified atom stereocenters. The zero-order valence-corrected chi connectivity index (χ0v) is 10.3. The lowest BCUT2D eigenvalue weighted by Crippen LogP contribution is -2.21. The van der Waals surface area contributed by atoms with Gasteiger partial charge in [-0.25, -0.2) is 4.98 Å². The molecular formula is C12H19NOS. The highest BCUT2D eigenvalue weighted by Crippen LogP contribution is 2.22. The van der Waals surface area contributed by atoms with Crippen LogP contribution >= 0.6 is 11.3 Å². The topological polar surface area (TPSA) is 22.1 Å². The van der Waals surface area contributed by atoms with Crippen LogP contribution in [0.3, 0.4) is 0 Å². The van der Waals surface area contributed by atoms with E-state index in [-0.39, 0.29) is 0 Å². The molecule has 2 nitrogen and oxygen atoms in total. The predicted molar refractivity (Wildman–Crippen MR) is 63.5 cm³/mol. The minimum atomic E-state index is 0.421. The first-order chi connectivity index (χ1) is 7.25. The highest BCUT2D eigenvalue weighted by Gasteiger charge is 2.16. The predicted octanol–water partition coefficient (Wildman–Crippen LogP) is 3.38. The van der Waals surface area contributed by atoms with E-state index >= 15 is 0 Å². The molecule has 84 valence electrons. The molecule has 2 heterocycles. The summed E-state index contributed by atoms with van der Waals surface area (Å²) in [5.41, 5.74) is 1.23. The third kappa shape index (κ3) is 3.02. The van der Waals surface area contributed by atoms with E-state index in [0.717, 1.165) is 13.0 Å². The fourth-order valence-electron chi connectivity index (χ4n) is 1.85. The summed E-state index contributed by atoms with van der Waals surface area (Å²) < 4.78 is 5.72. The standard InChI is InChI=1S/C12H19NOS/c1-9(2)11-8-15-12(13-11)7-10-5-3-4-6-14-10/h8-10H,3-7H2,1-2H3. The molecule has 1 aromatic rings. The second-order valence-corrected chi connectivity index (χ2v) is 5.46. The fourth-order valence-corrected chi connectivity index (χ4v) is 2.87. The van der Waals surface area contributed by atoms with Gasteiger partial charge in [-0.2, -0.15) is 0 Å². The van der Waals surface area contributed by atoms with Crippen molar-refractivity contribution >= 4 is 11.3 Å². The van der Waals surface area contributed by atoms with Crippen molar-refractivity contribution in [1.82, 2.24) is 4.98 Å². The normalized spacial score (nSPS) is 22.2. The van der Waals surface area contributed by atoms with Gasteiger partial charge >= 0.3 is 0 Å². The van der Waals surface area contributed by atoms with Gasteiger partial charge in [-0.05, 0) is 25.2 Å². The molecule has 0 aliphatic carbocycles. The fraction of sp³-hybridized carbons (Fsp3) is 0.750. The van der Waals surface area contributed by atoms with Gasteiger partial charge in [0.1, 0.15) is 0 Å². The number of thiazole rings is 1. The summed E-state index contributed by atoms with van der Waals surface area (Å²) in [6.45, 7) is 5.32. The van der Waals surface area contributed by atoms with Crippen LogP contribution < -0.4 is 0 Å². The molecule has 0 saturated carbocycles. The van der Waals surface area contributed by atoms with Crippen molar-refractivity contribution in [2.45, 2.75) is 51.6 Å². The van der Waals surface area contributed by atoms with Crippen LogP contribution in [0.25, 0.3) is 0 Å². The Morgan fingerprint density at radius 2 is 2.40 bits per heavy atom. The van der Waals surface area contributed by atoms with E-state index in [0.29, 0.717) is 12.0 Å². The first-order valence-corrected chi connectivity index (χ1v) is 6.69. The van der Waals surface area contributed by atoms with Crippen LogP contribution in [0.15, 0.2) is 5.38 Å². The average molecular weight is 225 g/mol. The van der Waals surface area contributed by atoms with Crippen LogP contribution in [0.5, 0.6) is 0 Å². The molecule has 1 fully saturated rings. The van der Waals surface area contributed by atoms with E-state index in [9.17, 15) is 0 Å². The van der Waals surface area contributed by atoms with Crippen LogP contribution in [0, 0.1) is 0 Å². The highest BCUT2D eigenvalue weighted by molar-refractivity contribution is 7.09. The Bertz CT molecular complexity index is 302. The Morgan fingerprint density at radius 3 is 3.00 bits per heavy atom. The molecule has 0 aromatic carbocycles. The van der Waals surface area contributed by atoms with E-state index < -0.39 is 0 Å². The number of rotatable bonds is 3. The Balaban J connectivity index is 1.91. The van der Waals surface area contributed by atoms with Crippen molar-refractivity contribution in [2.75, 3.05) is 6.61 Å². The molecule has 0 bridgehead atoms. The zero-order valence-electron chi connectivity index (χ0n) is 9.53. The molecule has 1 aromatic heterocycles. The molecular weight excluding hydrogens is 206 g/mol. The number of ether oxygens (including phenoxy) is 1. The summed E-state index contributed by atoms with van der Waals surface area (Å²) in [6.07, 6.45) is 5.18. The van der Waals surface area contributed by atoms with Gasteiger partial charge < -0.3 is 4.74 Å². The maximum Gasteiger partial charge on any atom is 0.0954 e. The molecule has 15 heavy (non-hydrogen) atoms. The van der Waals surface area contributed by atoms with E-state index in [2.05, 4.69) is 24.2 Å². The van der Waals surface area contributed by atoms with E-state index in [4.69, 9.17) is 4.74 Å². The van der Waals surface area contributed by atoms with Gasteiger partial charge in [0.15, 0.2) is 0 Å². The van der Waals surface area contributed by atoms with E-state index in [1.165, 1.54) is 30.0 Å². The highest BCUT2D eigenvalue weighted by atomic mass is 32.1. The third-order valence-electron chi connectivity index (χ3n) is 2.84. The maximum absolute atomic E-state index is 5.72. The summed E-state index contributed by atoms with van der Waals surface area (Å²) in [5, 5.41) is 3.42. The molecule has 1 saturated heterocycles. The zero-order chi connectivity index (χ0) is 10.7. The second kappa shape index (κ2) is 5.08. The molecule has 1 aliphatic heterocycles. The summed E-state index contributed by atoms with van der Waals surface area (Å²) in [7, 11) is 0.